The maximum atomic E-state index is 10.8. The van der Waals surface area contributed by atoms with Gasteiger partial charge in [-0.25, -0.2) is 0 Å². The van der Waals surface area contributed by atoms with E-state index in [9.17, 15) is 10.1 Å². The quantitative estimate of drug-likeness (QED) is 0.354. The lowest BCUT2D eigenvalue weighted by Crippen LogP contribution is -2.48. The first-order chi connectivity index (χ1) is 13.6. The van der Waals surface area contributed by atoms with Crippen molar-refractivity contribution in [3.8, 4) is 0 Å². The molecule has 1 aromatic heterocycles. The summed E-state index contributed by atoms with van der Waals surface area (Å²) in [7, 11) is 0. The summed E-state index contributed by atoms with van der Waals surface area (Å²) in [5.41, 5.74) is 2.41. The normalized spacial score (nSPS) is 17.6. The van der Waals surface area contributed by atoms with Crippen LogP contribution in [0.2, 0.25) is 0 Å². The predicted molar refractivity (Wildman–Crippen MR) is 106 cm³/mol. The summed E-state index contributed by atoms with van der Waals surface area (Å²) in [6.45, 7) is 7.98. The van der Waals surface area contributed by atoms with Crippen LogP contribution in [0, 0.1) is 17.0 Å². The van der Waals surface area contributed by atoms with E-state index in [4.69, 9.17) is 4.74 Å². The minimum absolute atomic E-state index is 0.00701. The van der Waals surface area contributed by atoms with Crippen molar-refractivity contribution in [1.82, 2.24) is 20.0 Å². The molecular weight excluding hydrogens is 360 g/mol. The number of nitrogens with one attached hydrogen (secondary N) is 1. The summed E-state index contributed by atoms with van der Waals surface area (Å²) in [6.07, 6.45) is 2.68. The highest BCUT2D eigenvalue weighted by atomic mass is 16.6. The monoisotopic (exact) mass is 386 g/mol. The van der Waals surface area contributed by atoms with E-state index in [2.05, 4.69) is 39.4 Å². The average molecular weight is 386 g/mol. The molecule has 28 heavy (non-hydrogen) atoms. The number of nitrogens with zero attached hydrogens (tertiary/aromatic N) is 5. The van der Waals surface area contributed by atoms with E-state index in [-0.39, 0.29) is 11.8 Å². The van der Waals surface area contributed by atoms with Crippen LogP contribution >= 0.6 is 0 Å². The van der Waals surface area contributed by atoms with E-state index < -0.39 is 4.92 Å². The van der Waals surface area contributed by atoms with Crippen LogP contribution in [0.1, 0.15) is 24.2 Å². The molecule has 1 fully saturated rings. The third-order valence-corrected chi connectivity index (χ3v) is 4.66. The van der Waals surface area contributed by atoms with Gasteiger partial charge in [0.15, 0.2) is 5.96 Å². The summed E-state index contributed by atoms with van der Waals surface area (Å²) in [6, 6.07) is 8.27. The van der Waals surface area contributed by atoms with Gasteiger partial charge in [0, 0.05) is 13.1 Å². The molecule has 0 spiro atoms. The largest absolute Gasteiger partial charge is 0.370 e. The molecule has 1 N–H and O–H groups in total. The highest BCUT2D eigenvalue weighted by molar-refractivity contribution is 5.80. The van der Waals surface area contributed by atoms with Gasteiger partial charge in [0.25, 0.3) is 0 Å². The molecule has 1 aromatic carbocycles. The molecule has 1 unspecified atom stereocenters. The molecule has 9 heteroatoms. The number of aryl methyl sites for hydroxylation is 1. The first-order valence-corrected chi connectivity index (χ1v) is 9.45. The fourth-order valence-electron chi connectivity index (χ4n) is 3.23. The summed E-state index contributed by atoms with van der Waals surface area (Å²) in [4.78, 5) is 17.2. The van der Waals surface area contributed by atoms with E-state index in [1.807, 2.05) is 19.1 Å². The minimum atomic E-state index is -0.448. The lowest BCUT2D eigenvalue weighted by atomic mass is 10.0. The van der Waals surface area contributed by atoms with Crippen molar-refractivity contribution < 1.29 is 9.66 Å². The SMILES string of the molecule is CCNC(=NCCn1cc([N+](=O)[O-])cn1)N1CCOC(c2ccccc2C)C1. The molecule has 3 rings (SSSR count). The van der Waals surface area contributed by atoms with Crippen molar-refractivity contribution in [2.75, 3.05) is 32.8 Å². The lowest BCUT2D eigenvalue weighted by molar-refractivity contribution is -0.385. The van der Waals surface area contributed by atoms with Gasteiger partial charge in [-0.2, -0.15) is 5.10 Å². The molecule has 1 aliphatic heterocycles. The Morgan fingerprint density at radius 3 is 3.00 bits per heavy atom. The number of aromatic nitrogens is 2. The summed E-state index contributed by atoms with van der Waals surface area (Å²) >= 11 is 0. The fourth-order valence-corrected chi connectivity index (χ4v) is 3.23. The Hall–Kier alpha value is -2.94. The van der Waals surface area contributed by atoms with Crippen LogP contribution in [-0.2, 0) is 11.3 Å². The highest BCUT2D eigenvalue weighted by Gasteiger charge is 2.25. The Morgan fingerprint density at radius 2 is 2.29 bits per heavy atom. The van der Waals surface area contributed by atoms with Crippen molar-refractivity contribution >= 4 is 11.6 Å². The number of hydrogen-bond donors (Lipinski definition) is 1. The number of ether oxygens (including phenoxy) is 1. The maximum absolute atomic E-state index is 10.8. The van der Waals surface area contributed by atoms with E-state index in [0.29, 0.717) is 19.7 Å². The predicted octanol–water partition coefficient (Wildman–Crippen LogP) is 2.14. The van der Waals surface area contributed by atoms with Crippen LogP contribution in [0.4, 0.5) is 5.69 Å². The van der Waals surface area contributed by atoms with Gasteiger partial charge < -0.3 is 15.0 Å². The second kappa shape index (κ2) is 9.32. The Morgan fingerprint density at radius 1 is 1.46 bits per heavy atom. The topological polar surface area (TPSA) is 97.8 Å². The van der Waals surface area contributed by atoms with Gasteiger partial charge in [0.05, 0.1) is 31.2 Å². The van der Waals surface area contributed by atoms with Gasteiger partial charge in [-0.1, -0.05) is 24.3 Å². The number of guanidine groups is 1. The van der Waals surface area contributed by atoms with Gasteiger partial charge in [0.2, 0.25) is 0 Å². The number of nitro groups is 1. The van der Waals surface area contributed by atoms with Gasteiger partial charge >= 0.3 is 5.69 Å². The Balaban J connectivity index is 1.65. The first kappa shape index (κ1) is 19.8. The minimum Gasteiger partial charge on any atom is -0.370 e. The zero-order valence-electron chi connectivity index (χ0n) is 16.2. The molecule has 9 nitrogen and oxygen atoms in total. The van der Waals surface area contributed by atoms with E-state index >= 15 is 0 Å². The molecule has 1 saturated heterocycles. The second-order valence-electron chi connectivity index (χ2n) is 6.62. The zero-order chi connectivity index (χ0) is 19.9. The summed E-state index contributed by atoms with van der Waals surface area (Å²) < 4.78 is 7.54. The van der Waals surface area contributed by atoms with Crippen molar-refractivity contribution in [3.63, 3.8) is 0 Å². The molecule has 2 heterocycles. The Labute approximate surface area is 164 Å². The Kier molecular flexibility index (Phi) is 6.59. The zero-order valence-corrected chi connectivity index (χ0v) is 16.2. The molecule has 2 aromatic rings. The standard InChI is InChI=1S/C19H26N6O3/c1-3-20-19(21-8-9-24-13-16(12-22-24)25(26)27)23-10-11-28-18(14-23)17-7-5-4-6-15(17)2/h4-7,12-13,18H,3,8-11,14H2,1-2H3,(H,20,21). The van der Waals surface area contributed by atoms with E-state index in [1.165, 1.54) is 23.5 Å². The molecular formula is C19H26N6O3. The van der Waals surface area contributed by atoms with Crippen LogP contribution in [0.5, 0.6) is 0 Å². The van der Waals surface area contributed by atoms with E-state index in [1.54, 1.807) is 4.68 Å². The molecule has 150 valence electrons. The van der Waals surface area contributed by atoms with Crippen LogP contribution < -0.4 is 5.32 Å². The van der Waals surface area contributed by atoms with Gasteiger partial charge in [-0.15, -0.1) is 0 Å². The summed E-state index contributed by atoms with van der Waals surface area (Å²) in [5, 5.41) is 18.1. The molecule has 0 amide bonds. The van der Waals surface area contributed by atoms with Crippen LogP contribution in [0.3, 0.4) is 0 Å². The van der Waals surface area contributed by atoms with Crippen molar-refractivity contribution in [2.24, 2.45) is 4.99 Å². The second-order valence-corrected chi connectivity index (χ2v) is 6.62. The number of rotatable bonds is 6. The fraction of sp³-hybridized carbons (Fsp3) is 0.474. The van der Waals surface area contributed by atoms with Crippen molar-refractivity contribution in [1.29, 1.82) is 0 Å². The van der Waals surface area contributed by atoms with Gasteiger partial charge in [-0.05, 0) is 25.0 Å². The third kappa shape index (κ3) is 4.86. The summed E-state index contributed by atoms with van der Waals surface area (Å²) in [5.74, 6) is 0.825. The molecule has 0 saturated carbocycles. The van der Waals surface area contributed by atoms with E-state index in [0.717, 1.165) is 25.6 Å². The van der Waals surface area contributed by atoms with Crippen molar-refractivity contribution in [2.45, 2.75) is 26.5 Å². The van der Waals surface area contributed by atoms with Crippen LogP contribution in [0.25, 0.3) is 0 Å². The lowest BCUT2D eigenvalue weighted by Gasteiger charge is -2.35. The molecule has 0 aliphatic carbocycles. The molecule has 1 atom stereocenters. The number of hydrogen-bond acceptors (Lipinski definition) is 5. The first-order valence-electron chi connectivity index (χ1n) is 9.45. The Bertz CT molecular complexity index is 835. The van der Waals surface area contributed by atoms with Crippen LogP contribution in [-0.4, -0.2) is 58.3 Å². The average Bonchev–Trinajstić information content (AvgIpc) is 3.17. The molecule has 0 bridgehead atoms. The number of benzene rings is 1. The number of morpholine rings is 1. The molecule has 0 radical (unpaired) electrons. The molecule has 1 aliphatic rings. The smallest absolute Gasteiger partial charge is 0.306 e. The highest BCUT2D eigenvalue weighted by Crippen LogP contribution is 2.25. The third-order valence-electron chi connectivity index (χ3n) is 4.66. The number of aliphatic imine (C=N–C) groups is 1. The van der Waals surface area contributed by atoms with Gasteiger partial charge in [0.1, 0.15) is 18.5 Å². The maximum Gasteiger partial charge on any atom is 0.306 e. The van der Waals surface area contributed by atoms with Gasteiger partial charge in [-0.3, -0.25) is 19.8 Å². The van der Waals surface area contributed by atoms with Crippen molar-refractivity contribution in [3.05, 3.63) is 57.9 Å². The van der Waals surface area contributed by atoms with Crippen LogP contribution in [0.15, 0.2) is 41.7 Å².